The maximum Gasteiger partial charge on any atom is 0.251 e. The Labute approximate surface area is 238 Å². The standard InChI is InChI=1S/C32H31N7O2/c1-21(31(40)37-26-13-10-22(11-14-26)25-18-33-20-34-19-25)36-32(41)24-12-15-27-28(17-24)38-39(29-9-5-6-16-35-29)30(27)23-7-3-2-4-8-23/h5-6,9-21,23H,2-4,7-8H2,1H3,(H,36,41)(H,37,40). The summed E-state index contributed by atoms with van der Waals surface area (Å²) in [7, 11) is 0. The number of anilines is 1. The van der Waals surface area contributed by atoms with Crippen molar-refractivity contribution in [3.05, 3.63) is 96.8 Å². The second-order valence-electron chi connectivity index (χ2n) is 10.4. The van der Waals surface area contributed by atoms with Crippen molar-refractivity contribution in [3.8, 4) is 16.9 Å². The number of rotatable bonds is 7. The second-order valence-corrected chi connectivity index (χ2v) is 10.4. The number of amides is 2. The lowest BCUT2D eigenvalue weighted by molar-refractivity contribution is -0.117. The second kappa shape index (κ2) is 11.7. The number of benzene rings is 2. The fraction of sp³-hybridized carbons (Fsp3) is 0.250. The fourth-order valence-corrected chi connectivity index (χ4v) is 5.46. The van der Waals surface area contributed by atoms with Crippen molar-refractivity contribution in [3.63, 3.8) is 0 Å². The van der Waals surface area contributed by atoms with Gasteiger partial charge in [0.1, 0.15) is 12.4 Å². The quantitative estimate of drug-likeness (QED) is 0.272. The van der Waals surface area contributed by atoms with Crippen molar-refractivity contribution in [1.82, 2.24) is 30.0 Å². The topological polar surface area (TPSA) is 115 Å². The molecule has 1 unspecified atom stereocenters. The number of fused-ring (bicyclic) bond motifs is 1. The third-order valence-corrected chi connectivity index (χ3v) is 7.62. The number of aromatic nitrogens is 5. The van der Waals surface area contributed by atoms with Crippen molar-refractivity contribution < 1.29 is 9.59 Å². The molecule has 2 amide bonds. The lowest BCUT2D eigenvalue weighted by atomic mass is 9.85. The molecule has 1 atom stereocenters. The van der Waals surface area contributed by atoms with Crippen LogP contribution in [-0.2, 0) is 4.79 Å². The molecule has 6 rings (SSSR count). The lowest BCUT2D eigenvalue weighted by Crippen LogP contribution is -2.41. The van der Waals surface area contributed by atoms with Gasteiger partial charge in [0.05, 0.1) is 11.2 Å². The van der Waals surface area contributed by atoms with Gasteiger partial charge in [-0.1, -0.05) is 43.5 Å². The summed E-state index contributed by atoms with van der Waals surface area (Å²) in [4.78, 5) is 38.6. The van der Waals surface area contributed by atoms with E-state index in [0.717, 1.165) is 46.4 Å². The van der Waals surface area contributed by atoms with Crippen LogP contribution in [0.15, 0.2) is 85.6 Å². The van der Waals surface area contributed by atoms with Gasteiger partial charge in [-0.25, -0.2) is 19.6 Å². The number of carbonyl (C=O) groups is 2. The molecule has 5 aromatic rings. The van der Waals surface area contributed by atoms with E-state index in [-0.39, 0.29) is 11.8 Å². The van der Waals surface area contributed by atoms with Crippen LogP contribution in [-0.4, -0.2) is 42.6 Å². The molecule has 0 radical (unpaired) electrons. The zero-order chi connectivity index (χ0) is 28.2. The highest BCUT2D eigenvalue weighted by Gasteiger charge is 2.25. The predicted molar refractivity (Wildman–Crippen MR) is 158 cm³/mol. The average molecular weight is 546 g/mol. The van der Waals surface area contributed by atoms with Gasteiger partial charge in [-0.15, -0.1) is 0 Å². The number of hydrogen-bond donors (Lipinski definition) is 2. The first kappa shape index (κ1) is 26.3. The first-order chi connectivity index (χ1) is 20.1. The Hall–Kier alpha value is -4.92. The highest BCUT2D eigenvalue weighted by molar-refractivity contribution is 6.02. The molecule has 0 spiro atoms. The summed E-state index contributed by atoms with van der Waals surface area (Å²) < 4.78 is 1.94. The van der Waals surface area contributed by atoms with Crippen LogP contribution in [0.3, 0.4) is 0 Å². The van der Waals surface area contributed by atoms with Crippen molar-refractivity contribution in [2.24, 2.45) is 0 Å². The minimum absolute atomic E-state index is 0.311. The van der Waals surface area contributed by atoms with E-state index in [4.69, 9.17) is 5.10 Å². The van der Waals surface area contributed by atoms with Crippen molar-refractivity contribution in [1.29, 1.82) is 0 Å². The molecule has 0 aliphatic heterocycles. The first-order valence-electron chi connectivity index (χ1n) is 14.0. The van der Waals surface area contributed by atoms with Crippen molar-refractivity contribution in [2.75, 3.05) is 5.32 Å². The highest BCUT2D eigenvalue weighted by atomic mass is 16.2. The third kappa shape index (κ3) is 5.70. The summed E-state index contributed by atoms with van der Waals surface area (Å²) in [6.07, 6.45) is 12.6. The number of nitrogens with zero attached hydrogens (tertiary/aromatic N) is 5. The molecular weight excluding hydrogens is 514 g/mol. The Morgan fingerprint density at radius 2 is 1.71 bits per heavy atom. The third-order valence-electron chi connectivity index (χ3n) is 7.62. The summed E-state index contributed by atoms with van der Waals surface area (Å²) in [6, 6.07) is 18.0. The SMILES string of the molecule is CC(NC(=O)c1ccc2c(C3CCCCC3)n(-c3ccccn3)nc2c1)C(=O)Nc1ccc(-c2cncnc2)cc1. The fourth-order valence-electron chi connectivity index (χ4n) is 5.46. The van der Waals surface area contributed by atoms with Crippen LogP contribution in [0.25, 0.3) is 27.8 Å². The minimum Gasteiger partial charge on any atom is -0.341 e. The van der Waals surface area contributed by atoms with E-state index in [1.807, 2.05) is 59.3 Å². The molecule has 3 aromatic heterocycles. The van der Waals surface area contributed by atoms with Crippen LogP contribution in [0.4, 0.5) is 5.69 Å². The van der Waals surface area contributed by atoms with E-state index in [1.54, 1.807) is 31.6 Å². The van der Waals surface area contributed by atoms with Gasteiger partial charge >= 0.3 is 0 Å². The van der Waals surface area contributed by atoms with Crippen LogP contribution >= 0.6 is 0 Å². The first-order valence-corrected chi connectivity index (χ1v) is 14.0. The highest BCUT2D eigenvalue weighted by Crippen LogP contribution is 2.37. The summed E-state index contributed by atoms with van der Waals surface area (Å²) in [6.45, 7) is 1.67. The van der Waals surface area contributed by atoms with E-state index >= 15 is 0 Å². The van der Waals surface area contributed by atoms with Crippen LogP contribution in [0, 0.1) is 0 Å². The normalized spacial score (nSPS) is 14.5. The molecule has 206 valence electrons. The van der Waals surface area contributed by atoms with Crippen molar-refractivity contribution in [2.45, 2.75) is 51.0 Å². The van der Waals surface area contributed by atoms with Crippen molar-refractivity contribution >= 4 is 28.4 Å². The smallest absolute Gasteiger partial charge is 0.251 e. The number of nitrogens with one attached hydrogen (secondary N) is 2. The maximum absolute atomic E-state index is 13.2. The molecule has 0 saturated heterocycles. The Morgan fingerprint density at radius 1 is 0.927 bits per heavy atom. The summed E-state index contributed by atoms with van der Waals surface area (Å²) in [5, 5.41) is 11.6. The van der Waals surface area contributed by atoms with Gasteiger partial charge in [0.15, 0.2) is 5.82 Å². The molecule has 2 N–H and O–H groups in total. The van der Waals surface area contributed by atoms with E-state index < -0.39 is 6.04 Å². The number of pyridine rings is 1. The molecule has 9 heteroatoms. The number of carbonyl (C=O) groups excluding carboxylic acids is 2. The van der Waals surface area contributed by atoms with E-state index in [9.17, 15) is 9.59 Å². The van der Waals surface area contributed by atoms with E-state index in [2.05, 4.69) is 25.6 Å². The van der Waals surface area contributed by atoms with Gasteiger partial charge < -0.3 is 10.6 Å². The Balaban J connectivity index is 1.17. The molecule has 3 heterocycles. The number of hydrogen-bond acceptors (Lipinski definition) is 6. The maximum atomic E-state index is 13.2. The molecular formula is C32H31N7O2. The predicted octanol–water partition coefficient (Wildman–Crippen LogP) is 5.68. The van der Waals surface area contributed by atoms with Gasteiger partial charge in [0.2, 0.25) is 5.91 Å². The van der Waals surface area contributed by atoms with Gasteiger partial charge in [0.25, 0.3) is 5.91 Å². The average Bonchev–Trinajstić information content (AvgIpc) is 3.41. The minimum atomic E-state index is -0.746. The zero-order valence-corrected chi connectivity index (χ0v) is 22.8. The molecule has 1 saturated carbocycles. The molecule has 41 heavy (non-hydrogen) atoms. The van der Waals surface area contributed by atoms with Crippen LogP contribution in [0.5, 0.6) is 0 Å². The molecule has 2 aromatic carbocycles. The van der Waals surface area contributed by atoms with Gasteiger partial charge in [0, 0.05) is 46.7 Å². The Morgan fingerprint density at radius 3 is 2.44 bits per heavy atom. The summed E-state index contributed by atoms with van der Waals surface area (Å²) >= 11 is 0. The Kier molecular flexibility index (Phi) is 7.49. The lowest BCUT2D eigenvalue weighted by Gasteiger charge is -2.22. The summed E-state index contributed by atoms with van der Waals surface area (Å²) in [5.74, 6) is 0.523. The van der Waals surface area contributed by atoms with Crippen LogP contribution in [0.2, 0.25) is 0 Å². The molecule has 0 bridgehead atoms. The van der Waals surface area contributed by atoms with Gasteiger partial charge in [-0.05, 0) is 61.7 Å². The summed E-state index contributed by atoms with van der Waals surface area (Å²) in [5.41, 5.74) is 4.81. The monoisotopic (exact) mass is 545 g/mol. The molecule has 9 nitrogen and oxygen atoms in total. The van der Waals surface area contributed by atoms with E-state index in [1.165, 1.54) is 25.6 Å². The molecule has 1 fully saturated rings. The van der Waals surface area contributed by atoms with Gasteiger partial charge in [-0.3, -0.25) is 9.59 Å². The van der Waals surface area contributed by atoms with Crippen LogP contribution in [0.1, 0.15) is 61.0 Å². The molecule has 1 aliphatic rings. The zero-order valence-electron chi connectivity index (χ0n) is 22.8. The van der Waals surface area contributed by atoms with E-state index in [0.29, 0.717) is 17.2 Å². The largest absolute Gasteiger partial charge is 0.341 e. The Bertz CT molecular complexity index is 1660. The molecule has 1 aliphatic carbocycles. The van der Waals surface area contributed by atoms with Crippen LogP contribution < -0.4 is 10.6 Å². The van der Waals surface area contributed by atoms with Gasteiger partial charge in [-0.2, -0.15) is 5.10 Å².